The molecule has 1 unspecified atom stereocenters. The molecule has 0 bridgehead atoms. The molecule has 0 saturated heterocycles. The SMILES string of the molecule is CC(=O)Oc1ccc(C(=O)O)c(C(C)F)c1. The molecule has 4 nitrogen and oxygen atoms in total. The van der Waals surface area contributed by atoms with Crippen molar-refractivity contribution in [1.82, 2.24) is 0 Å². The minimum Gasteiger partial charge on any atom is -0.478 e. The number of aromatic carboxylic acids is 1. The van der Waals surface area contributed by atoms with Gasteiger partial charge >= 0.3 is 11.9 Å². The van der Waals surface area contributed by atoms with E-state index in [1.54, 1.807) is 0 Å². The number of carbonyl (C=O) groups excluding carboxylic acids is 1. The highest BCUT2D eigenvalue weighted by atomic mass is 19.1. The number of carboxylic acids is 1. The first-order chi connectivity index (χ1) is 7.41. The minimum atomic E-state index is -1.44. The Kier molecular flexibility index (Phi) is 3.60. The van der Waals surface area contributed by atoms with Gasteiger partial charge in [-0.15, -0.1) is 0 Å². The van der Waals surface area contributed by atoms with Crippen LogP contribution in [-0.2, 0) is 4.79 Å². The molecule has 0 radical (unpaired) electrons. The van der Waals surface area contributed by atoms with E-state index < -0.39 is 18.1 Å². The molecule has 0 amide bonds. The van der Waals surface area contributed by atoms with Crippen molar-refractivity contribution in [1.29, 1.82) is 0 Å². The first-order valence-corrected chi connectivity index (χ1v) is 4.61. The Hall–Kier alpha value is -1.91. The van der Waals surface area contributed by atoms with Crippen molar-refractivity contribution < 1.29 is 23.8 Å². The van der Waals surface area contributed by atoms with E-state index in [-0.39, 0.29) is 16.9 Å². The highest BCUT2D eigenvalue weighted by molar-refractivity contribution is 5.90. The molecule has 86 valence electrons. The van der Waals surface area contributed by atoms with Crippen LogP contribution < -0.4 is 4.74 Å². The first-order valence-electron chi connectivity index (χ1n) is 4.61. The zero-order chi connectivity index (χ0) is 12.3. The normalized spacial score (nSPS) is 11.9. The predicted octanol–water partition coefficient (Wildman–Crippen LogP) is 2.34. The lowest BCUT2D eigenvalue weighted by atomic mass is 10.0. The van der Waals surface area contributed by atoms with Crippen molar-refractivity contribution in [3.05, 3.63) is 29.3 Å². The number of hydrogen-bond donors (Lipinski definition) is 1. The van der Waals surface area contributed by atoms with Crippen LogP contribution in [0, 0.1) is 0 Å². The molecule has 0 heterocycles. The smallest absolute Gasteiger partial charge is 0.336 e. The van der Waals surface area contributed by atoms with Crippen LogP contribution in [-0.4, -0.2) is 17.0 Å². The van der Waals surface area contributed by atoms with Crippen LogP contribution in [0.4, 0.5) is 4.39 Å². The molecule has 1 atom stereocenters. The number of rotatable bonds is 3. The average molecular weight is 226 g/mol. The van der Waals surface area contributed by atoms with Crippen LogP contribution in [0.2, 0.25) is 0 Å². The van der Waals surface area contributed by atoms with Crippen LogP contribution in [0.15, 0.2) is 18.2 Å². The van der Waals surface area contributed by atoms with Gasteiger partial charge in [0.15, 0.2) is 0 Å². The van der Waals surface area contributed by atoms with E-state index in [4.69, 9.17) is 9.84 Å². The van der Waals surface area contributed by atoms with Crippen molar-refractivity contribution in [3.8, 4) is 5.75 Å². The molecule has 1 N–H and O–H groups in total. The zero-order valence-corrected chi connectivity index (χ0v) is 8.86. The lowest BCUT2D eigenvalue weighted by Gasteiger charge is -2.09. The number of benzene rings is 1. The molecule has 0 spiro atoms. The monoisotopic (exact) mass is 226 g/mol. The van der Waals surface area contributed by atoms with E-state index in [2.05, 4.69) is 0 Å². The molecule has 5 heteroatoms. The molecule has 0 aliphatic rings. The van der Waals surface area contributed by atoms with E-state index in [0.29, 0.717) is 0 Å². The summed E-state index contributed by atoms with van der Waals surface area (Å²) < 4.78 is 17.9. The highest BCUT2D eigenvalue weighted by Gasteiger charge is 2.16. The molecule has 1 rings (SSSR count). The Morgan fingerprint density at radius 3 is 2.50 bits per heavy atom. The average Bonchev–Trinajstić information content (AvgIpc) is 2.16. The summed E-state index contributed by atoms with van der Waals surface area (Å²) in [5.74, 6) is -1.62. The highest BCUT2D eigenvalue weighted by Crippen LogP contribution is 2.26. The minimum absolute atomic E-state index is 0.00810. The van der Waals surface area contributed by atoms with Crippen LogP contribution in [0.25, 0.3) is 0 Å². The van der Waals surface area contributed by atoms with Crippen molar-refractivity contribution in [2.45, 2.75) is 20.0 Å². The summed E-state index contributed by atoms with van der Waals surface area (Å²) in [5, 5.41) is 8.81. The second kappa shape index (κ2) is 4.74. The van der Waals surface area contributed by atoms with Gasteiger partial charge < -0.3 is 9.84 Å². The maximum Gasteiger partial charge on any atom is 0.336 e. The molecule has 1 aromatic carbocycles. The second-order valence-electron chi connectivity index (χ2n) is 3.26. The fourth-order valence-electron chi connectivity index (χ4n) is 1.29. The lowest BCUT2D eigenvalue weighted by Crippen LogP contribution is -2.06. The fourth-order valence-corrected chi connectivity index (χ4v) is 1.29. The maximum absolute atomic E-state index is 13.2. The third-order valence-corrected chi connectivity index (χ3v) is 1.94. The van der Waals surface area contributed by atoms with Gasteiger partial charge in [0.05, 0.1) is 5.56 Å². The van der Waals surface area contributed by atoms with Crippen LogP contribution >= 0.6 is 0 Å². The van der Waals surface area contributed by atoms with Crippen molar-refractivity contribution in [2.24, 2.45) is 0 Å². The zero-order valence-electron chi connectivity index (χ0n) is 8.86. The number of esters is 1. The Labute approximate surface area is 91.7 Å². The van der Waals surface area contributed by atoms with Gasteiger partial charge in [-0.05, 0) is 25.1 Å². The van der Waals surface area contributed by atoms with Crippen molar-refractivity contribution in [2.75, 3.05) is 0 Å². The third kappa shape index (κ3) is 2.79. The Balaban J connectivity index is 3.17. The van der Waals surface area contributed by atoms with Crippen molar-refractivity contribution in [3.63, 3.8) is 0 Å². The fraction of sp³-hybridized carbons (Fsp3) is 0.273. The van der Waals surface area contributed by atoms with Crippen LogP contribution in [0.5, 0.6) is 5.75 Å². The molecule has 0 saturated carbocycles. The van der Waals surface area contributed by atoms with E-state index in [0.717, 1.165) is 0 Å². The number of ether oxygens (including phenoxy) is 1. The van der Waals surface area contributed by atoms with E-state index in [1.807, 2.05) is 0 Å². The standard InChI is InChI=1S/C11H11FO4/c1-6(12)10-5-8(16-7(2)13)3-4-9(10)11(14)15/h3-6H,1-2H3,(H,14,15). The summed E-state index contributed by atoms with van der Waals surface area (Å²) >= 11 is 0. The van der Waals surface area contributed by atoms with Crippen molar-refractivity contribution >= 4 is 11.9 Å². The summed E-state index contributed by atoms with van der Waals surface area (Å²) in [7, 11) is 0. The molecule has 16 heavy (non-hydrogen) atoms. The maximum atomic E-state index is 13.2. The molecule has 0 aliphatic carbocycles. The first kappa shape index (κ1) is 12.2. The van der Waals surface area contributed by atoms with Gasteiger partial charge in [-0.25, -0.2) is 9.18 Å². The largest absolute Gasteiger partial charge is 0.478 e. The second-order valence-corrected chi connectivity index (χ2v) is 3.26. The Bertz CT molecular complexity index is 426. The van der Waals surface area contributed by atoms with Gasteiger partial charge in [0, 0.05) is 12.5 Å². The van der Waals surface area contributed by atoms with E-state index in [1.165, 1.54) is 32.0 Å². The van der Waals surface area contributed by atoms with Gasteiger partial charge in [-0.2, -0.15) is 0 Å². The van der Waals surface area contributed by atoms with Gasteiger partial charge in [0.2, 0.25) is 0 Å². The summed E-state index contributed by atoms with van der Waals surface area (Å²) in [4.78, 5) is 21.5. The molecular weight excluding hydrogens is 215 g/mol. The summed E-state index contributed by atoms with van der Waals surface area (Å²) in [6.07, 6.45) is -1.44. The number of alkyl halides is 1. The Morgan fingerprint density at radius 1 is 1.44 bits per heavy atom. The van der Waals surface area contributed by atoms with E-state index >= 15 is 0 Å². The molecular formula is C11H11FO4. The van der Waals surface area contributed by atoms with Crippen LogP contribution in [0.1, 0.15) is 35.9 Å². The van der Waals surface area contributed by atoms with Gasteiger partial charge in [-0.1, -0.05) is 0 Å². The summed E-state index contributed by atoms with van der Waals surface area (Å²) in [5.41, 5.74) is -0.142. The van der Waals surface area contributed by atoms with Gasteiger partial charge in [0.1, 0.15) is 11.9 Å². The lowest BCUT2D eigenvalue weighted by molar-refractivity contribution is -0.131. The number of carboxylic acid groups (broad SMARTS) is 1. The predicted molar refractivity (Wildman–Crippen MR) is 54.2 cm³/mol. The molecule has 0 fully saturated rings. The van der Waals surface area contributed by atoms with Gasteiger partial charge in [-0.3, -0.25) is 4.79 Å². The number of carbonyl (C=O) groups is 2. The number of hydrogen-bond acceptors (Lipinski definition) is 3. The van der Waals surface area contributed by atoms with Crippen LogP contribution in [0.3, 0.4) is 0 Å². The Morgan fingerprint density at radius 2 is 2.06 bits per heavy atom. The summed E-state index contributed by atoms with van der Waals surface area (Å²) in [6.45, 7) is 2.43. The number of halogens is 1. The van der Waals surface area contributed by atoms with E-state index in [9.17, 15) is 14.0 Å². The third-order valence-electron chi connectivity index (χ3n) is 1.94. The molecule has 0 aliphatic heterocycles. The van der Waals surface area contributed by atoms with Gasteiger partial charge in [0.25, 0.3) is 0 Å². The quantitative estimate of drug-likeness (QED) is 0.634. The summed E-state index contributed by atoms with van der Waals surface area (Å²) in [6, 6.07) is 3.75. The molecule has 1 aromatic rings. The molecule has 0 aromatic heterocycles. The topological polar surface area (TPSA) is 63.6 Å².